The van der Waals surface area contributed by atoms with Crippen molar-refractivity contribution in [2.45, 2.75) is 82.3 Å². The Morgan fingerprint density at radius 3 is 2.36 bits per heavy atom. The molecule has 12 nitrogen and oxygen atoms in total. The Balaban J connectivity index is 1.20. The number of fused-ring (bicyclic) bond motifs is 2. The van der Waals surface area contributed by atoms with Gasteiger partial charge in [-0.05, 0) is 53.4 Å². The summed E-state index contributed by atoms with van der Waals surface area (Å²) in [5.74, 6) is -0.620. The van der Waals surface area contributed by atoms with E-state index in [4.69, 9.17) is 14.2 Å². The lowest BCUT2D eigenvalue weighted by molar-refractivity contribution is -0.153. The molecule has 0 bridgehead atoms. The quantitative estimate of drug-likeness (QED) is 0.0879. The first-order chi connectivity index (χ1) is 28.0. The van der Waals surface area contributed by atoms with Gasteiger partial charge in [-0.3, -0.25) is 24.0 Å². The number of aryl methyl sites for hydroxylation is 1. The van der Waals surface area contributed by atoms with E-state index in [0.29, 0.717) is 36.5 Å². The minimum atomic E-state index is -2.47. The maximum absolute atomic E-state index is 15.4. The van der Waals surface area contributed by atoms with Gasteiger partial charge in [-0.2, -0.15) is 0 Å². The molecule has 6 atom stereocenters. The van der Waals surface area contributed by atoms with E-state index in [-0.39, 0.29) is 48.3 Å². The van der Waals surface area contributed by atoms with E-state index in [2.05, 4.69) is 42.5 Å². The summed E-state index contributed by atoms with van der Waals surface area (Å²) in [5.41, 5.74) is 3.15. The average molecular weight is 800 g/mol. The Morgan fingerprint density at radius 2 is 1.71 bits per heavy atom. The van der Waals surface area contributed by atoms with Crippen LogP contribution in [0.25, 0.3) is 0 Å². The number of aliphatic hydroxyl groups is 1. The third-order valence-corrected chi connectivity index (χ3v) is 16.8. The fourth-order valence-electron chi connectivity index (χ4n) is 9.52. The molecule has 1 N–H and O–H groups in total. The standard InChI is InChI=1S/C45H49N5O7Si/c1-29-43(58(4,5)35-19-17-34(55-3)18-20-35)40(22-23-48-27-38(46-47-48)36(28-51)32-14-10-7-11-15-32)57-45(29)37-24-33(50-41(53)25-42(50)56-30(2)52)16-21-39(37)49(44(45)54)26-31-12-8-6-9-13-31/h6-21,24,27,29,36,40,42-43,51H,22-23,25-26,28H2,1-5H3/t29-,36?,40+,42?,43-,45+/m1/s1. The van der Waals surface area contributed by atoms with E-state index in [0.717, 1.165) is 22.6 Å². The summed E-state index contributed by atoms with van der Waals surface area (Å²) in [6, 6.07) is 33.5. The zero-order valence-electron chi connectivity index (χ0n) is 33.4. The minimum Gasteiger partial charge on any atom is -0.497 e. The maximum atomic E-state index is 15.4. The number of methoxy groups -OCH3 is 1. The number of hydrogen-bond acceptors (Lipinski definition) is 9. The summed E-state index contributed by atoms with van der Waals surface area (Å²) < 4.78 is 20.2. The predicted octanol–water partition coefficient (Wildman–Crippen LogP) is 5.89. The number of hydrogen-bond donors (Lipinski definition) is 1. The van der Waals surface area contributed by atoms with Gasteiger partial charge in [0.05, 0.1) is 58.2 Å². The van der Waals surface area contributed by atoms with Crippen molar-refractivity contribution in [2.75, 3.05) is 23.5 Å². The molecule has 2 unspecified atom stereocenters. The van der Waals surface area contributed by atoms with Gasteiger partial charge in [0, 0.05) is 36.8 Å². The SMILES string of the molecule is COc1ccc([Si](C)(C)[C@H]2[C@H](CCn3cc(C(CO)c4ccccc4)nn3)O[C@@]3(C(=O)N(Cc4ccccc4)c4ccc(N5C(=O)CC5OC(C)=O)cc43)[C@@H]2C)cc1. The van der Waals surface area contributed by atoms with E-state index in [1.54, 1.807) is 11.8 Å². The normalized spacial score (nSPS) is 23.2. The van der Waals surface area contributed by atoms with Crippen LogP contribution in [0.3, 0.4) is 0 Å². The van der Waals surface area contributed by atoms with Crippen LogP contribution in [-0.4, -0.2) is 72.0 Å². The second-order valence-electron chi connectivity index (χ2n) is 16.1. The Hall–Kier alpha value is -5.63. The summed E-state index contributed by atoms with van der Waals surface area (Å²) in [6.07, 6.45) is 1.43. The van der Waals surface area contributed by atoms with Crippen molar-refractivity contribution >= 4 is 42.4 Å². The van der Waals surface area contributed by atoms with Crippen LogP contribution in [0, 0.1) is 5.92 Å². The van der Waals surface area contributed by atoms with E-state index in [1.165, 1.54) is 17.0 Å². The van der Waals surface area contributed by atoms with E-state index < -0.39 is 25.9 Å². The molecule has 4 aromatic carbocycles. The van der Waals surface area contributed by atoms with Gasteiger partial charge < -0.3 is 24.2 Å². The molecule has 5 aromatic rings. The second-order valence-corrected chi connectivity index (χ2v) is 20.8. The van der Waals surface area contributed by atoms with Crippen LogP contribution in [0.2, 0.25) is 18.6 Å². The molecule has 2 fully saturated rings. The lowest BCUT2D eigenvalue weighted by atomic mass is 9.82. The molecule has 58 heavy (non-hydrogen) atoms. The summed E-state index contributed by atoms with van der Waals surface area (Å²) in [7, 11) is -0.817. The molecule has 3 aliphatic heterocycles. The zero-order valence-corrected chi connectivity index (χ0v) is 34.4. The second kappa shape index (κ2) is 15.6. The lowest BCUT2D eigenvalue weighted by Crippen LogP contribution is -2.55. The van der Waals surface area contributed by atoms with Crippen LogP contribution in [0.4, 0.5) is 11.4 Å². The van der Waals surface area contributed by atoms with E-state index in [1.807, 2.05) is 102 Å². The van der Waals surface area contributed by atoms with Crippen molar-refractivity contribution in [1.82, 2.24) is 15.0 Å². The summed E-state index contributed by atoms with van der Waals surface area (Å²) >= 11 is 0. The van der Waals surface area contributed by atoms with Crippen LogP contribution in [0.5, 0.6) is 5.75 Å². The van der Waals surface area contributed by atoms with Crippen molar-refractivity contribution in [1.29, 1.82) is 0 Å². The highest BCUT2D eigenvalue weighted by atomic mass is 28.3. The topological polar surface area (TPSA) is 136 Å². The first-order valence-corrected chi connectivity index (χ1v) is 22.9. The number of esters is 1. The molecule has 300 valence electrons. The number of ether oxygens (including phenoxy) is 3. The molecular weight excluding hydrogens is 751 g/mol. The Kier molecular flexibility index (Phi) is 10.6. The number of amides is 2. The minimum absolute atomic E-state index is 0.0463. The third-order valence-electron chi connectivity index (χ3n) is 12.4. The number of rotatable bonds is 13. The number of aromatic nitrogens is 3. The molecule has 3 aliphatic rings. The molecule has 0 saturated carbocycles. The van der Waals surface area contributed by atoms with E-state index in [9.17, 15) is 14.7 Å². The lowest BCUT2D eigenvalue weighted by Gasteiger charge is -2.39. The highest BCUT2D eigenvalue weighted by Crippen LogP contribution is 2.60. The van der Waals surface area contributed by atoms with Gasteiger partial charge in [-0.1, -0.05) is 103 Å². The van der Waals surface area contributed by atoms with Gasteiger partial charge in [0.15, 0.2) is 11.8 Å². The van der Waals surface area contributed by atoms with Gasteiger partial charge in [-0.25, -0.2) is 0 Å². The number of anilines is 2. The van der Waals surface area contributed by atoms with Gasteiger partial charge in [-0.15, -0.1) is 5.10 Å². The monoisotopic (exact) mass is 799 g/mol. The van der Waals surface area contributed by atoms with Crippen molar-refractivity contribution < 1.29 is 33.7 Å². The molecule has 8 rings (SSSR count). The van der Waals surface area contributed by atoms with Crippen LogP contribution in [0.1, 0.15) is 55.0 Å². The average Bonchev–Trinajstić information content (AvgIpc) is 3.88. The van der Waals surface area contributed by atoms with Crippen LogP contribution in [-0.2, 0) is 42.5 Å². The van der Waals surface area contributed by atoms with Gasteiger partial charge in [0.2, 0.25) is 5.91 Å². The first-order valence-electron chi connectivity index (χ1n) is 19.8. The molecule has 1 aromatic heterocycles. The number of nitrogens with zero attached hydrogens (tertiary/aromatic N) is 5. The van der Waals surface area contributed by atoms with Crippen LogP contribution >= 0.6 is 0 Å². The van der Waals surface area contributed by atoms with Gasteiger partial charge in [0.1, 0.15) is 5.75 Å². The van der Waals surface area contributed by atoms with Gasteiger partial charge in [0.25, 0.3) is 5.91 Å². The number of β-lactam (4-membered cyclic amide) rings is 1. The zero-order chi connectivity index (χ0) is 40.8. The molecule has 1 spiro atoms. The van der Waals surface area contributed by atoms with Crippen molar-refractivity contribution in [2.24, 2.45) is 5.92 Å². The van der Waals surface area contributed by atoms with Crippen LogP contribution in [0.15, 0.2) is 109 Å². The Morgan fingerprint density at radius 1 is 1.00 bits per heavy atom. The third kappa shape index (κ3) is 6.80. The molecular formula is C45H49N5O7Si. The summed E-state index contributed by atoms with van der Waals surface area (Å²) in [6.45, 7) is 8.85. The van der Waals surface area contributed by atoms with Crippen molar-refractivity contribution in [3.8, 4) is 5.75 Å². The molecule has 0 aliphatic carbocycles. The molecule has 2 amide bonds. The fraction of sp³-hybridized carbons (Fsp3) is 0.356. The molecule has 13 heteroatoms. The first kappa shape index (κ1) is 39.2. The maximum Gasteiger partial charge on any atom is 0.304 e. The van der Waals surface area contributed by atoms with Crippen molar-refractivity contribution in [3.63, 3.8) is 0 Å². The van der Waals surface area contributed by atoms with E-state index >= 15 is 4.79 Å². The highest BCUT2D eigenvalue weighted by Gasteiger charge is 2.66. The highest BCUT2D eigenvalue weighted by molar-refractivity contribution is 6.91. The molecule has 2 saturated heterocycles. The number of benzene rings is 4. The number of carbonyl (C=O) groups excluding carboxylic acids is 3. The van der Waals surface area contributed by atoms with Crippen LogP contribution < -0.4 is 19.7 Å². The summed E-state index contributed by atoms with van der Waals surface area (Å²) in [5, 5.41) is 20.5. The Labute approximate surface area is 339 Å². The van der Waals surface area contributed by atoms with Crippen molar-refractivity contribution in [3.05, 3.63) is 132 Å². The summed E-state index contributed by atoms with van der Waals surface area (Å²) in [4.78, 5) is 43.7. The van der Waals surface area contributed by atoms with Gasteiger partial charge >= 0.3 is 5.97 Å². The molecule has 0 radical (unpaired) electrons. The Bertz CT molecular complexity index is 2300. The largest absolute Gasteiger partial charge is 0.497 e. The predicted molar refractivity (Wildman–Crippen MR) is 221 cm³/mol. The molecule has 4 heterocycles. The number of aliphatic hydroxyl groups excluding tert-OH is 1. The number of carbonyl (C=O) groups is 3. The fourth-order valence-corrected chi connectivity index (χ4v) is 13.6. The smallest absolute Gasteiger partial charge is 0.304 e.